The molecule has 0 unspecified atom stereocenters. The van der Waals surface area contributed by atoms with Gasteiger partial charge in [-0.25, -0.2) is 4.98 Å². The largest absolute Gasteiger partial charge is 0.279 e. The second-order valence-electron chi connectivity index (χ2n) is 6.29. The summed E-state index contributed by atoms with van der Waals surface area (Å²) < 4.78 is 1.87. The van der Waals surface area contributed by atoms with Crippen molar-refractivity contribution in [1.29, 1.82) is 0 Å². The summed E-state index contributed by atoms with van der Waals surface area (Å²) in [6.45, 7) is 0.309. The van der Waals surface area contributed by atoms with Crippen LogP contribution in [0.5, 0.6) is 0 Å². The van der Waals surface area contributed by atoms with E-state index < -0.39 is 4.92 Å². The summed E-state index contributed by atoms with van der Waals surface area (Å²) >= 11 is 4.86. The molecule has 0 spiro atoms. The van der Waals surface area contributed by atoms with Crippen LogP contribution in [0.25, 0.3) is 10.2 Å². The van der Waals surface area contributed by atoms with Crippen LogP contribution in [-0.4, -0.2) is 15.8 Å². The highest BCUT2D eigenvalue weighted by Crippen LogP contribution is 2.32. The van der Waals surface area contributed by atoms with Crippen molar-refractivity contribution < 1.29 is 9.72 Å². The summed E-state index contributed by atoms with van der Waals surface area (Å²) in [5, 5.41) is 11.7. The second-order valence-corrected chi connectivity index (χ2v) is 8.22. The average Bonchev–Trinajstić information content (AvgIpc) is 3.15. The zero-order valence-electron chi connectivity index (χ0n) is 15.0. The topological polar surface area (TPSA) is 76.3 Å². The van der Waals surface area contributed by atoms with Gasteiger partial charge in [0.2, 0.25) is 0 Å². The highest BCUT2D eigenvalue weighted by atomic mass is 79.9. The Morgan fingerprint density at radius 1 is 1.07 bits per heavy atom. The van der Waals surface area contributed by atoms with Gasteiger partial charge in [0.25, 0.3) is 11.6 Å². The molecular formula is C21H14BrN3O3S. The molecule has 0 saturated carbocycles. The molecule has 0 aliphatic rings. The Bertz CT molecular complexity index is 1210. The minimum Gasteiger partial charge on any atom is -0.279 e. The number of hydrogen-bond donors (Lipinski definition) is 0. The molecular weight excluding hydrogens is 454 g/mol. The molecule has 0 N–H and O–H groups in total. The molecule has 6 nitrogen and oxygen atoms in total. The molecule has 0 radical (unpaired) electrons. The first-order valence-electron chi connectivity index (χ1n) is 8.67. The van der Waals surface area contributed by atoms with Gasteiger partial charge in [0.1, 0.15) is 0 Å². The molecule has 1 amide bonds. The van der Waals surface area contributed by atoms with E-state index in [0.717, 1.165) is 20.3 Å². The Kier molecular flexibility index (Phi) is 5.37. The van der Waals surface area contributed by atoms with Crippen molar-refractivity contribution in [3.05, 3.63) is 98.5 Å². The van der Waals surface area contributed by atoms with E-state index in [4.69, 9.17) is 0 Å². The third-order valence-corrected chi connectivity index (χ3v) is 5.84. The van der Waals surface area contributed by atoms with Crippen molar-refractivity contribution in [3.63, 3.8) is 0 Å². The summed E-state index contributed by atoms with van der Waals surface area (Å²) in [5.74, 6) is -0.337. The summed E-state index contributed by atoms with van der Waals surface area (Å²) in [7, 11) is 0. The van der Waals surface area contributed by atoms with E-state index in [9.17, 15) is 14.9 Å². The lowest BCUT2D eigenvalue weighted by molar-refractivity contribution is -0.384. The molecule has 4 aromatic rings. The van der Waals surface area contributed by atoms with E-state index in [2.05, 4.69) is 20.9 Å². The Labute approximate surface area is 178 Å². The van der Waals surface area contributed by atoms with Crippen LogP contribution in [0.15, 0.2) is 77.3 Å². The van der Waals surface area contributed by atoms with Crippen LogP contribution < -0.4 is 4.90 Å². The molecule has 0 aliphatic heterocycles. The third kappa shape index (κ3) is 4.18. The lowest BCUT2D eigenvalue weighted by Gasteiger charge is -2.20. The zero-order chi connectivity index (χ0) is 20.4. The number of nitrogens with zero attached hydrogens (tertiary/aromatic N) is 3. The molecule has 0 bridgehead atoms. The van der Waals surface area contributed by atoms with Crippen LogP contribution in [0.3, 0.4) is 0 Å². The standard InChI is InChI=1S/C21H14BrN3O3S/c22-16-9-10-18-19(12-16)29-21(23-18)24(13-14-5-2-1-3-6-14)20(26)15-7-4-8-17(11-15)25(27)28/h1-12H,13H2. The Balaban J connectivity index is 1.77. The fraction of sp³-hybridized carbons (Fsp3) is 0.0476. The molecule has 3 aromatic carbocycles. The summed E-state index contributed by atoms with van der Waals surface area (Å²) in [6.07, 6.45) is 0. The number of nitro groups is 1. The van der Waals surface area contributed by atoms with E-state index in [-0.39, 0.29) is 17.2 Å². The number of anilines is 1. The van der Waals surface area contributed by atoms with Crippen LogP contribution in [0.4, 0.5) is 10.8 Å². The van der Waals surface area contributed by atoms with Crippen molar-refractivity contribution in [2.45, 2.75) is 6.54 Å². The second kappa shape index (κ2) is 8.10. The van der Waals surface area contributed by atoms with Crippen molar-refractivity contribution in [2.75, 3.05) is 4.90 Å². The van der Waals surface area contributed by atoms with Crippen molar-refractivity contribution in [3.8, 4) is 0 Å². The molecule has 0 saturated heterocycles. The smallest absolute Gasteiger partial charge is 0.270 e. The number of non-ortho nitro benzene ring substituents is 1. The van der Waals surface area contributed by atoms with E-state index in [0.29, 0.717) is 11.7 Å². The fourth-order valence-electron chi connectivity index (χ4n) is 2.90. The molecule has 144 valence electrons. The number of aromatic nitrogens is 1. The highest BCUT2D eigenvalue weighted by Gasteiger charge is 2.23. The minimum atomic E-state index is -0.506. The SMILES string of the molecule is O=C(c1cccc([N+](=O)[O-])c1)N(Cc1ccccc1)c1nc2ccc(Br)cc2s1. The first kappa shape index (κ1) is 19.2. The van der Waals surface area contributed by atoms with Gasteiger partial charge in [-0.05, 0) is 29.8 Å². The van der Waals surface area contributed by atoms with Gasteiger partial charge in [0.15, 0.2) is 5.13 Å². The highest BCUT2D eigenvalue weighted by molar-refractivity contribution is 9.10. The number of hydrogen-bond acceptors (Lipinski definition) is 5. The van der Waals surface area contributed by atoms with E-state index >= 15 is 0 Å². The lowest BCUT2D eigenvalue weighted by Crippen LogP contribution is -2.30. The van der Waals surface area contributed by atoms with E-state index in [1.807, 2.05) is 48.5 Å². The van der Waals surface area contributed by atoms with Gasteiger partial charge in [0.05, 0.1) is 21.7 Å². The van der Waals surface area contributed by atoms with E-state index in [1.54, 1.807) is 11.0 Å². The van der Waals surface area contributed by atoms with Gasteiger partial charge in [-0.15, -0.1) is 0 Å². The summed E-state index contributed by atoms with van der Waals surface area (Å²) in [5.41, 5.74) is 1.85. The molecule has 0 fully saturated rings. The zero-order valence-corrected chi connectivity index (χ0v) is 17.4. The number of nitro benzene ring substituents is 1. The molecule has 4 rings (SSSR count). The molecule has 1 heterocycles. The van der Waals surface area contributed by atoms with Gasteiger partial charge >= 0.3 is 0 Å². The predicted molar refractivity (Wildman–Crippen MR) is 117 cm³/mol. The molecule has 1 aromatic heterocycles. The number of rotatable bonds is 5. The summed E-state index contributed by atoms with van der Waals surface area (Å²) in [4.78, 5) is 30.1. The number of halogens is 1. The fourth-order valence-corrected chi connectivity index (χ4v) is 4.42. The minimum absolute atomic E-state index is 0.122. The third-order valence-electron chi connectivity index (χ3n) is 4.30. The number of fused-ring (bicyclic) bond motifs is 1. The Hall–Kier alpha value is -3.10. The maximum absolute atomic E-state index is 13.3. The van der Waals surface area contributed by atoms with Crippen LogP contribution in [0.2, 0.25) is 0 Å². The monoisotopic (exact) mass is 467 g/mol. The van der Waals surface area contributed by atoms with E-state index in [1.165, 1.54) is 29.5 Å². The molecule has 8 heteroatoms. The van der Waals surface area contributed by atoms with Crippen LogP contribution in [0, 0.1) is 10.1 Å². The van der Waals surface area contributed by atoms with Gasteiger partial charge in [-0.2, -0.15) is 0 Å². The quantitative estimate of drug-likeness (QED) is 0.274. The van der Waals surface area contributed by atoms with Gasteiger partial charge in [-0.1, -0.05) is 63.7 Å². The lowest BCUT2D eigenvalue weighted by atomic mass is 10.1. The molecule has 0 aliphatic carbocycles. The first-order chi connectivity index (χ1) is 14.0. The number of amides is 1. The normalized spacial score (nSPS) is 10.8. The number of carbonyl (C=O) groups excluding carboxylic acids is 1. The van der Waals surface area contributed by atoms with Crippen molar-refractivity contribution in [1.82, 2.24) is 4.98 Å². The summed E-state index contributed by atoms with van der Waals surface area (Å²) in [6, 6.07) is 21.1. The Morgan fingerprint density at radius 2 is 1.86 bits per heavy atom. The van der Waals surface area contributed by atoms with Crippen molar-refractivity contribution >= 4 is 54.2 Å². The van der Waals surface area contributed by atoms with Crippen LogP contribution >= 0.6 is 27.3 Å². The maximum atomic E-state index is 13.3. The van der Waals surface area contributed by atoms with Crippen molar-refractivity contribution in [2.24, 2.45) is 0 Å². The van der Waals surface area contributed by atoms with Gasteiger partial charge < -0.3 is 0 Å². The maximum Gasteiger partial charge on any atom is 0.270 e. The Morgan fingerprint density at radius 3 is 2.62 bits per heavy atom. The average molecular weight is 468 g/mol. The van der Waals surface area contributed by atoms with Gasteiger partial charge in [-0.3, -0.25) is 19.8 Å². The van der Waals surface area contributed by atoms with Crippen LogP contribution in [0.1, 0.15) is 15.9 Å². The predicted octanol–water partition coefficient (Wildman–Crippen LogP) is 5.81. The molecule has 0 atom stereocenters. The van der Waals surface area contributed by atoms with Gasteiger partial charge in [0, 0.05) is 22.2 Å². The number of thiazole rings is 1. The number of benzene rings is 3. The van der Waals surface area contributed by atoms with Crippen LogP contribution in [-0.2, 0) is 6.54 Å². The molecule has 29 heavy (non-hydrogen) atoms. The first-order valence-corrected chi connectivity index (χ1v) is 10.3. The number of carbonyl (C=O) groups is 1.